The Morgan fingerprint density at radius 2 is 1.79 bits per heavy atom. The number of hydrogen-bond acceptors (Lipinski definition) is 6. The second-order valence-electron chi connectivity index (χ2n) is 8.33. The number of aromatic nitrogens is 1. The second kappa shape index (κ2) is 9.44. The first-order valence-electron chi connectivity index (χ1n) is 10.8. The molecule has 3 amide bonds. The Labute approximate surface area is 197 Å². The summed E-state index contributed by atoms with van der Waals surface area (Å²) in [5, 5.41) is -0.416. The average Bonchev–Trinajstić information content (AvgIpc) is 3.23. The van der Waals surface area contributed by atoms with E-state index in [2.05, 4.69) is 28.8 Å². The molecule has 2 aliphatic rings. The molecule has 33 heavy (non-hydrogen) atoms. The van der Waals surface area contributed by atoms with Gasteiger partial charge in [0.25, 0.3) is 11.1 Å². The van der Waals surface area contributed by atoms with E-state index in [4.69, 9.17) is 4.74 Å². The van der Waals surface area contributed by atoms with Crippen LogP contribution in [0, 0.1) is 13.8 Å². The quantitative estimate of drug-likeness (QED) is 0.628. The van der Waals surface area contributed by atoms with Crippen LogP contribution in [0.5, 0.6) is 0 Å². The molecule has 2 aliphatic heterocycles. The molecule has 3 heterocycles. The topological polar surface area (TPSA) is 75.1 Å². The predicted molar refractivity (Wildman–Crippen MR) is 130 cm³/mol. The van der Waals surface area contributed by atoms with Crippen molar-refractivity contribution in [3.05, 3.63) is 52.2 Å². The molecule has 0 atom stereocenters. The number of thioether (sulfide) groups is 1. The molecule has 0 aliphatic carbocycles. The number of benzene rings is 1. The van der Waals surface area contributed by atoms with Gasteiger partial charge in [0.05, 0.1) is 18.1 Å². The number of morpholine rings is 1. The van der Waals surface area contributed by atoms with Crippen LogP contribution in [-0.4, -0.2) is 78.4 Å². The minimum atomic E-state index is -0.424. The summed E-state index contributed by atoms with van der Waals surface area (Å²) < 4.78 is 7.38. The van der Waals surface area contributed by atoms with E-state index in [0.717, 1.165) is 45.0 Å². The van der Waals surface area contributed by atoms with Crippen LogP contribution in [0.25, 0.3) is 11.8 Å². The Bertz CT molecular complexity index is 1110. The fourth-order valence-electron chi connectivity index (χ4n) is 4.06. The fourth-order valence-corrected chi connectivity index (χ4v) is 4.89. The summed E-state index contributed by atoms with van der Waals surface area (Å²) in [6.07, 6.45) is 1.75. The molecular formula is C24H28N4O4S. The zero-order valence-corrected chi connectivity index (χ0v) is 20.1. The third-order valence-electron chi connectivity index (χ3n) is 5.91. The van der Waals surface area contributed by atoms with Crippen molar-refractivity contribution in [3.8, 4) is 5.69 Å². The first-order valence-corrected chi connectivity index (χ1v) is 11.7. The monoisotopic (exact) mass is 468 g/mol. The molecule has 8 nitrogen and oxygen atoms in total. The van der Waals surface area contributed by atoms with Gasteiger partial charge in [0.1, 0.15) is 6.54 Å². The van der Waals surface area contributed by atoms with Crippen LogP contribution < -0.4 is 4.90 Å². The summed E-state index contributed by atoms with van der Waals surface area (Å²) in [6.45, 7) is 5.67. The van der Waals surface area contributed by atoms with Crippen molar-refractivity contribution in [1.29, 1.82) is 0 Å². The lowest BCUT2D eigenvalue weighted by molar-refractivity contribution is -0.139. The highest BCUT2D eigenvalue weighted by atomic mass is 32.2. The number of carbonyl (C=O) groups is 3. The minimum Gasteiger partial charge on any atom is -0.378 e. The van der Waals surface area contributed by atoms with E-state index in [-0.39, 0.29) is 12.5 Å². The van der Waals surface area contributed by atoms with Crippen LogP contribution in [0.4, 0.5) is 10.5 Å². The third-order valence-corrected chi connectivity index (χ3v) is 6.82. The largest absolute Gasteiger partial charge is 0.378 e. The van der Waals surface area contributed by atoms with Crippen molar-refractivity contribution in [1.82, 2.24) is 14.4 Å². The van der Waals surface area contributed by atoms with E-state index in [0.29, 0.717) is 31.2 Å². The van der Waals surface area contributed by atoms with Crippen LogP contribution in [0.2, 0.25) is 0 Å². The summed E-state index contributed by atoms with van der Waals surface area (Å²) in [4.78, 5) is 43.0. The summed E-state index contributed by atoms with van der Waals surface area (Å²) >= 11 is 0.878. The van der Waals surface area contributed by atoms with Crippen LogP contribution in [0.15, 0.2) is 35.2 Å². The van der Waals surface area contributed by atoms with Gasteiger partial charge in [-0.1, -0.05) is 0 Å². The highest BCUT2D eigenvalue weighted by Gasteiger charge is 2.37. The van der Waals surface area contributed by atoms with Gasteiger partial charge in [-0.15, -0.1) is 0 Å². The van der Waals surface area contributed by atoms with Crippen molar-refractivity contribution in [2.24, 2.45) is 0 Å². The molecule has 2 aromatic rings. The van der Waals surface area contributed by atoms with E-state index in [1.807, 2.05) is 38.9 Å². The molecule has 4 rings (SSSR count). The van der Waals surface area contributed by atoms with Crippen molar-refractivity contribution in [2.45, 2.75) is 13.8 Å². The Hall–Kier alpha value is -3.04. The first-order chi connectivity index (χ1) is 15.8. The SMILES string of the molecule is Cc1cc(/C=C2/SC(=O)N(CC(=O)N3CCOCC3)C2=O)c(C)n1-c1ccc(N(C)C)cc1. The van der Waals surface area contributed by atoms with E-state index >= 15 is 0 Å². The smallest absolute Gasteiger partial charge is 0.294 e. The molecule has 174 valence electrons. The van der Waals surface area contributed by atoms with E-state index in [9.17, 15) is 14.4 Å². The van der Waals surface area contributed by atoms with E-state index < -0.39 is 11.1 Å². The molecule has 9 heteroatoms. The highest BCUT2D eigenvalue weighted by molar-refractivity contribution is 8.18. The van der Waals surface area contributed by atoms with Crippen LogP contribution in [0.3, 0.4) is 0 Å². The molecular weight excluding hydrogens is 440 g/mol. The van der Waals surface area contributed by atoms with Crippen molar-refractivity contribution in [2.75, 3.05) is 51.8 Å². The van der Waals surface area contributed by atoms with Gasteiger partial charge in [-0.05, 0) is 67.6 Å². The molecule has 1 aromatic carbocycles. The number of nitrogens with zero attached hydrogens (tertiary/aromatic N) is 4. The average molecular weight is 469 g/mol. The number of carbonyl (C=O) groups excluding carboxylic acids is 3. The maximum absolute atomic E-state index is 12.9. The first kappa shape index (κ1) is 23.1. The normalized spacial score (nSPS) is 17.9. The molecule has 0 unspecified atom stereocenters. The van der Waals surface area contributed by atoms with Gasteiger partial charge in [-0.3, -0.25) is 19.3 Å². The second-order valence-corrected chi connectivity index (χ2v) is 9.33. The standard InChI is InChI=1S/C24H28N4O4S/c1-16-13-18(17(2)28(16)20-7-5-19(6-8-20)25(3)4)14-21-23(30)27(24(31)33-21)15-22(29)26-9-11-32-12-10-26/h5-8,13-14H,9-12,15H2,1-4H3/b21-14+. The Kier molecular flexibility index (Phi) is 6.62. The number of anilines is 1. The number of ether oxygens (including phenoxy) is 1. The molecule has 0 radical (unpaired) electrons. The lowest BCUT2D eigenvalue weighted by Gasteiger charge is -2.28. The number of imide groups is 1. The molecule has 0 saturated carbocycles. The number of aryl methyl sites for hydroxylation is 1. The Morgan fingerprint density at radius 3 is 2.42 bits per heavy atom. The van der Waals surface area contributed by atoms with Crippen molar-refractivity contribution >= 4 is 40.6 Å². The summed E-state index contributed by atoms with van der Waals surface area (Å²) in [7, 11) is 4.00. The number of hydrogen-bond donors (Lipinski definition) is 0. The van der Waals surface area contributed by atoms with Crippen LogP contribution in [-0.2, 0) is 14.3 Å². The summed E-state index contributed by atoms with van der Waals surface area (Å²) in [5.74, 6) is -0.659. The lowest BCUT2D eigenvalue weighted by Crippen LogP contribution is -2.46. The van der Waals surface area contributed by atoms with Gasteiger partial charge >= 0.3 is 0 Å². The van der Waals surface area contributed by atoms with E-state index in [1.165, 1.54) is 0 Å². The molecule has 0 bridgehead atoms. The molecule has 1 aromatic heterocycles. The fraction of sp³-hybridized carbons (Fsp3) is 0.375. The van der Waals surface area contributed by atoms with Crippen LogP contribution >= 0.6 is 11.8 Å². The zero-order valence-electron chi connectivity index (χ0n) is 19.3. The van der Waals surface area contributed by atoms with Gasteiger partial charge < -0.3 is 19.1 Å². The van der Waals surface area contributed by atoms with Gasteiger partial charge in [0.15, 0.2) is 0 Å². The molecule has 2 fully saturated rings. The van der Waals surface area contributed by atoms with E-state index in [1.54, 1.807) is 11.0 Å². The lowest BCUT2D eigenvalue weighted by atomic mass is 10.2. The number of rotatable bonds is 5. The minimum absolute atomic E-state index is 0.235. The highest BCUT2D eigenvalue weighted by Crippen LogP contribution is 2.34. The van der Waals surface area contributed by atoms with Gasteiger partial charge in [-0.25, -0.2) is 0 Å². The number of amides is 3. The maximum Gasteiger partial charge on any atom is 0.294 e. The van der Waals surface area contributed by atoms with Gasteiger partial charge in [0, 0.05) is 49.9 Å². The molecule has 2 saturated heterocycles. The van der Waals surface area contributed by atoms with Gasteiger partial charge in [-0.2, -0.15) is 0 Å². The van der Waals surface area contributed by atoms with Crippen LogP contribution in [0.1, 0.15) is 17.0 Å². The summed E-state index contributed by atoms with van der Waals surface area (Å²) in [5.41, 5.74) is 5.01. The predicted octanol–water partition coefficient (Wildman–Crippen LogP) is 3.06. The van der Waals surface area contributed by atoms with Crippen molar-refractivity contribution < 1.29 is 19.1 Å². The Morgan fingerprint density at radius 1 is 1.12 bits per heavy atom. The molecule has 0 N–H and O–H groups in total. The van der Waals surface area contributed by atoms with Gasteiger partial charge in [0.2, 0.25) is 5.91 Å². The van der Waals surface area contributed by atoms with Crippen molar-refractivity contribution in [3.63, 3.8) is 0 Å². The molecule has 0 spiro atoms. The Balaban J connectivity index is 1.54. The zero-order chi connectivity index (χ0) is 23.7. The third kappa shape index (κ3) is 4.69. The maximum atomic E-state index is 12.9. The summed E-state index contributed by atoms with van der Waals surface area (Å²) in [6, 6.07) is 10.2.